The van der Waals surface area contributed by atoms with E-state index in [2.05, 4.69) is 12.2 Å². The van der Waals surface area contributed by atoms with Crippen molar-refractivity contribution in [1.29, 1.82) is 0 Å². The van der Waals surface area contributed by atoms with Crippen molar-refractivity contribution in [2.24, 2.45) is 5.92 Å². The normalized spacial score (nSPS) is 14.2. The van der Waals surface area contributed by atoms with Gasteiger partial charge in [-0.05, 0) is 67.3 Å². The van der Waals surface area contributed by atoms with Gasteiger partial charge in [-0.3, -0.25) is 4.79 Å². The number of hydrogen-bond acceptors (Lipinski definition) is 3. The van der Waals surface area contributed by atoms with Crippen molar-refractivity contribution in [3.8, 4) is 11.5 Å². The summed E-state index contributed by atoms with van der Waals surface area (Å²) in [5.41, 5.74) is 1.38. The highest BCUT2D eigenvalue weighted by Gasteiger charge is 2.13. The van der Waals surface area contributed by atoms with Gasteiger partial charge in [0.15, 0.2) is 0 Å². The predicted octanol–water partition coefficient (Wildman–Crippen LogP) is 7.64. The van der Waals surface area contributed by atoms with Crippen LogP contribution < -0.4 is 14.8 Å². The lowest BCUT2D eigenvalue weighted by atomic mass is 9.87. The number of carbonyl (C=O) groups is 1. The lowest BCUT2D eigenvalue weighted by Crippen LogP contribution is -2.12. The summed E-state index contributed by atoms with van der Waals surface area (Å²) in [5.74, 6) is 2.37. The van der Waals surface area contributed by atoms with Crippen LogP contribution in [-0.2, 0) is 0 Å². The van der Waals surface area contributed by atoms with Gasteiger partial charge in [-0.2, -0.15) is 0 Å². The monoisotopic (exact) mass is 437 g/mol. The van der Waals surface area contributed by atoms with E-state index < -0.39 is 0 Å². The van der Waals surface area contributed by atoms with Crippen molar-refractivity contribution in [1.82, 2.24) is 0 Å². The largest absolute Gasteiger partial charge is 0.494 e. The molecule has 0 aliphatic heterocycles. The molecule has 3 rings (SSSR count). The fraction of sp³-hybridized carbons (Fsp3) is 0.536. The second kappa shape index (κ2) is 13.8. The summed E-state index contributed by atoms with van der Waals surface area (Å²) >= 11 is 0. The lowest BCUT2D eigenvalue weighted by Gasteiger charge is -2.21. The number of anilines is 1. The highest BCUT2D eigenvalue weighted by Crippen LogP contribution is 2.26. The summed E-state index contributed by atoms with van der Waals surface area (Å²) < 4.78 is 11.7. The minimum Gasteiger partial charge on any atom is -0.494 e. The van der Waals surface area contributed by atoms with Crippen LogP contribution in [0.1, 0.15) is 87.9 Å². The standard InChI is InChI=1S/C28H39NO3/c1-2-3-4-5-9-21-31-26-16-12-24(13-17-26)28(30)29-25-14-18-27(19-15-25)32-22-20-23-10-7-6-8-11-23/h12-19,23H,2-11,20-22H2,1H3,(H,29,30). The molecular weight excluding hydrogens is 398 g/mol. The number of unbranched alkanes of at least 4 members (excludes halogenated alkanes) is 4. The van der Waals surface area contributed by atoms with Crippen LogP contribution in [0.3, 0.4) is 0 Å². The molecule has 1 aliphatic carbocycles. The van der Waals surface area contributed by atoms with E-state index in [4.69, 9.17) is 9.47 Å². The Balaban J connectivity index is 1.37. The summed E-state index contributed by atoms with van der Waals surface area (Å²) in [4.78, 5) is 12.5. The fourth-order valence-electron chi connectivity index (χ4n) is 4.26. The molecule has 0 spiro atoms. The fourth-order valence-corrected chi connectivity index (χ4v) is 4.26. The number of hydrogen-bond donors (Lipinski definition) is 1. The van der Waals surface area contributed by atoms with Gasteiger partial charge >= 0.3 is 0 Å². The molecule has 1 aliphatic rings. The molecule has 2 aromatic carbocycles. The van der Waals surface area contributed by atoms with Gasteiger partial charge in [0.1, 0.15) is 11.5 Å². The van der Waals surface area contributed by atoms with Crippen LogP contribution in [0, 0.1) is 5.92 Å². The molecule has 4 nitrogen and oxygen atoms in total. The van der Waals surface area contributed by atoms with E-state index in [1.165, 1.54) is 57.8 Å². The van der Waals surface area contributed by atoms with Crippen LogP contribution in [-0.4, -0.2) is 19.1 Å². The van der Waals surface area contributed by atoms with Crippen LogP contribution >= 0.6 is 0 Å². The van der Waals surface area contributed by atoms with Crippen molar-refractivity contribution in [2.45, 2.75) is 77.6 Å². The molecule has 1 amide bonds. The van der Waals surface area contributed by atoms with Crippen molar-refractivity contribution < 1.29 is 14.3 Å². The Morgan fingerprint density at radius 3 is 2.12 bits per heavy atom. The van der Waals surface area contributed by atoms with Gasteiger partial charge in [0.25, 0.3) is 5.91 Å². The van der Waals surface area contributed by atoms with Crippen LogP contribution in [0.4, 0.5) is 5.69 Å². The molecule has 0 heterocycles. The molecule has 0 aromatic heterocycles. The molecule has 0 saturated heterocycles. The quantitative estimate of drug-likeness (QED) is 0.328. The molecule has 2 aromatic rings. The Morgan fingerprint density at radius 1 is 0.812 bits per heavy atom. The van der Waals surface area contributed by atoms with Crippen molar-refractivity contribution >= 4 is 11.6 Å². The van der Waals surface area contributed by atoms with E-state index in [0.29, 0.717) is 5.56 Å². The first kappa shape index (κ1) is 24.2. The second-order valence-electron chi connectivity index (χ2n) is 8.91. The number of nitrogens with one attached hydrogen (secondary N) is 1. The number of rotatable bonds is 13. The average molecular weight is 438 g/mol. The zero-order valence-corrected chi connectivity index (χ0v) is 19.6. The minimum absolute atomic E-state index is 0.123. The highest BCUT2D eigenvalue weighted by molar-refractivity contribution is 6.04. The van der Waals surface area contributed by atoms with Gasteiger partial charge in [-0.15, -0.1) is 0 Å². The molecule has 4 heteroatoms. The SMILES string of the molecule is CCCCCCCOc1ccc(C(=O)Nc2ccc(OCCC3CCCCC3)cc2)cc1. The molecule has 0 unspecified atom stereocenters. The smallest absolute Gasteiger partial charge is 0.255 e. The van der Waals surface area contributed by atoms with E-state index in [0.717, 1.165) is 49.2 Å². The van der Waals surface area contributed by atoms with E-state index in [1.807, 2.05) is 48.5 Å². The number of ether oxygens (including phenoxy) is 2. The molecular formula is C28H39NO3. The molecule has 0 atom stereocenters. The van der Waals surface area contributed by atoms with Crippen molar-refractivity contribution in [2.75, 3.05) is 18.5 Å². The van der Waals surface area contributed by atoms with Crippen LogP contribution in [0.25, 0.3) is 0 Å². The van der Waals surface area contributed by atoms with Crippen molar-refractivity contribution in [3.63, 3.8) is 0 Å². The van der Waals surface area contributed by atoms with Crippen LogP contribution in [0.2, 0.25) is 0 Å². The molecule has 0 radical (unpaired) electrons. The summed E-state index contributed by atoms with van der Waals surface area (Å²) in [6, 6.07) is 15.0. The topological polar surface area (TPSA) is 47.6 Å². The molecule has 1 fully saturated rings. The molecule has 1 saturated carbocycles. The van der Waals surface area contributed by atoms with Crippen LogP contribution in [0.15, 0.2) is 48.5 Å². The Morgan fingerprint density at radius 2 is 1.44 bits per heavy atom. The van der Waals surface area contributed by atoms with Gasteiger partial charge in [0.2, 0.25) is 0 Å². The first-order valence-corrected chi connectivity index (χ1v) is 12.5. The first-order chi connectivity index (χ1) is 15.7. The second-order valence-corrected chi connectivity index (χ2v) is 8.91. The zero-order chi connectivity index (χ0) is 22.4. The van der Waals surface area contributed by atoms with E-state index in [1.54, 1.807) is 0 Å². The maximum absolute atomic E-state index is 12.5. The molecule has 0 bridgehead atoms. The van der Waals surface area contributed by atoms with Gasteiger partial charge in [0.05, 0.1) is 13.2 Å². The first-order valence-electron chi connectivity index (χ1n) is 12.5. The third kappa shape index (κ3) is 8.57. The third-order valence-electron chi connectivity index (χ3n) is 6.26. The van der Waals surface area contributed by atoms with E-state index >= 15 is 0 Å². The lowest BCUT2D eigenvalue weighted by molar-refractivity contribution is 0.102. The summed E-state index contributed by atoms with van der Waals surface area (Å²) in [6.07, 6.45) is 14.1. The summed E-state index contributed by atoms with van der Waals surface area (Å²) in [6.45, 7) is 3.71. The molecule has 174 valence electrons. The van der Waals surface area contributed by atoms with E-state index in [9.17, 15) is 4.79 Å². The molecule has 32 heavy (non-hydrogen) atoms. The number of benzene rings is 2. The van der Waals surface area contributed by atoms with Gasteiger partial charge in [-0.1, -0.05) is 64.7 Å². The van der Waals surface area contributed by atoms with Gasteiger partial charge < -0.3 is 14.8 Å². The average Bonchev–Trinajstić information content (AvgIpc) is 2.83. The highest BCUT2D eigenvalue weighted by atomic mass is 16.5. The van der Waals surface area contributed by atoms with Crippen molar-refractivity contribution in [3.05, 3.63) is 54.1 Å². The van der Waals surface area contributed by atoms with Crippen LogP contribution in [0.5, 0.6) is 11.5 Å². The zero-order valence-electron chi connectivity index (χ0n) is 19.6. The van der Waals surface area contributed by atoms with Gasteiger partial charge in [0, 0.05) is 11.3 Å². The minimum atomic E-state index is -0.123. The number of carbonyl (C=O) groups excluding carboxylic acids is 1. The summed E-state index contributed by atoms with van der Waals surface area (Å²) in [7, 11) is 0. The Kier molecular flexibility index (Phi) is 10.4. The predicted molar refractivity (Wildman–Crippen MR) is 132 cm³/mol. The Hall–Kier alpha value is -2.49. The summed E-state index contributed by atoms with van der Waals surface area (Å²) in [5, 5.41) is 2.95. The van der Waals surface area contributed by atoms with Gasteiger partial charge in [-0.25, -0.2) is 0 Å². The Bertz CT molecular complexity index is 779. The molecule has 1 N–H and O–H groups in total. The maximum Gasteiger partial charge on any atom is 0.255 e. The number of amides is 1. The third-order valence-corrected chi connectivity index (χ3v) is 6.26. The van der Waals surface area contributed by atoms with E-state index in [-0.39, 0.29) is 5.91 Å². The Labute approximate surface area is 193 Å². The maximum atomic E-state index is 12.5.